The van der Waals surface area contributed by atoms with E-state index in [1.807, 2.05) is 6.07 Å². The van der Waals surface area contributed by atoms with Gasteiger partial charge in [0.15, 0.2) is 12.3 Å². The van der Waals surface area contributed by atoms with Crippen LogP contribution >= 0.6 is 11.3 Å². The maximum atomic E-state index is 8.45. The van der Waals surface area contributed by atoms with Gasteiger partial charge < -0.3 is 4.84 Å². The topological polar surface area (TPSA) is 58.3 Å². The van der Waals surface area contributed by atoms with Crippen molar-refractivity contribution in [1.82, 2.24) is 4.98 Å². The highest BCUT2D eigenvalue weighted by atomic mass is 32.1. The number of rotatable bonds is 3. The van der Waals surface area contributed by atoms with E-state index in [1.165, 1.54) is 17.6 Å². The van der Waals surface area contributed by atoms with Crippen LogP contribution in [0.4, 0.5) is 0 Å². The highest BCUT2D eigenvalue weighted by molar-refractivity contribution is 7.11. The molecule has 0 aliphatic carbocycles. The molecule has 0 atom stereocenters. The van der Waals surface area contributed by atoms with Crippen molar-refractivity contribution in [2.75, 3.05) is 6.61 Å². The van der Waals surface area contributed by atoms with Gasteiger partial charge in [-0.05, 0) is 0 Å². The Morgan fingerprint density at radius 1 is 1.85 bits per heavy atom. The largest absolute Gasteiger partial charge is 0.383 e. The molecule has 0 unspecified atom stereocenters. The zero-order chi connectivity index (χ0) is 9.52. The molecule has 0 fully saturated rings. The van der Waals surface area contributed by atoms with Crippen LogP contribution in [-0.2, 0) is 4.84 Å². The molecule has 0 radical (unpaired) electrons. The highest BCUT2D eigenvalue weighted by Crippen LogP contribution is 2.05. The standard InChI is InChI=1S/C8H5N3OS/c1-2-3-12-10-5-8-11-7(4-9)6-13-8/h1,5-6H,3H2/b10-5+. The lowest BCUT2D eigenvalue weighted by Crippen LogP contribution is -1.84. The zero-order valence-corrected chi connectivity index (χ0v) is 7.41. The average Bonchev–Trinajstić information content (AvgIpc) is 2.60. The average molecular weight is 191 g/mol. The number of aromatic nitrogens is 1. The summed E-state index contributed by atoms with van der Waals surface area (Å²) < 4.78 is 0. The molecule has 0 aliphatic heterocycles. The van der Waals surface area contributed by atoms with Crippen LogP contribution in [-0.4, -0.2) is 17.8 Å². The maximum absolute atomic E-state index is 8.45. The van der Waals surface area contributed by atoms with Crippen molar-refractivity contribution in [2.45, 2.75) is 0 Å². The van der Waals surface area contributed by atoms with Crippen LogP contribution in [0.5, 0.6) is 0 Å². The minimum atomic E-state index is 0.132. The van der Waals surface area contributed by atoms with Crippen molar-refractivity contribution in [2.24, 2.45) is 5.16 Å². The van der Waals surface area contributed by atoms with E-state index in [4.69, 9.17) is 11.7 Å². The van der Waals surface area contributed by atoms with E-state index >= 15 is 0 Å². The molecule has 0 bridgehead atoms. The van der Waals surface area contributed by atoms with Crippen LogP contribution < -0.4 is 0 Å². The van der Waals surface area contributed by atoms with Crippen LogP contribution in [0.15, 0.2) is 10.5 Å². The Hall–Kier alpha value is -1.85. The van der Waals surface area contributed by atoms with Gasteiger partial charge in [-0.15, -0.1) is 17.8 Å². The predicted molar refractivity (Wildman–Crippen MR) is 49.2 cm³/mol. The second-order valence-corrected chi connectivity index (χ2v) is 2.78. The molecule has 4 nitrogen and oxygen atoms in total. The summed E-state index contributed by atoms with van der Waals surface area (Å²) in [5.74, 6) is 2.27. The van der Waals surface area contributed by atoms with Gasteiger partial charge in [0.05, 0.1) is 0 Å². The van der Waals surface area contributed by atoms with Crippen molar-refractivity contribution in [3.63, 3.8) is 0 Å². The monoisotopic (exact) mass is 191 g/mol. The van der Waals surface area contributed by atoms with E-state index in [0.717, 1.165) is 0 Å². The summed E-state index contributed by atoms with van der Waals surface area (Å²) in [6.07, 6.45) is 6.35. The molecule has 5 heteroatoms. The van der Waals surface area contributed by atoms with Gasteiger partial charge in [-0.1, -0.05) is 11.1 Å². The van der Waals surface area contributed by atoms with E-state index in [9.17, 15) is 0 Å². The zero-order valence-electron chi connectivity index (χ0n) is 6.60. The van der Waals surface area contributed by atoms with E-state index < -0.39 is 0 Å². The fraction of sp³-hybridized carbons (Fsp3) is 0.125. The number of hydrogen-bond acceptors (Lipinski definition) is 5. The van der Waals surface area contributed by atoms with Crippen molar-refractivity contribution >= 4 is 17.6 Å². The van der Waals surface area contributed by atoms with Crippen LogP contribution in [0, 0.1) is 23.7 Å². The Morgan fingerprint density at radius 3 is 3.31 bits per heavy atom. The fourth-order valence-corrected chi connectivity index (χ4v) is 1.15. The van der Waals surface area contributed by atoms with Crippen LogP contribution in [0.25, 0.3) is 0 Å². The van der Waals surface area contributed by atoms with E-state index in [1.54, 1.807) is 5.38 Å². The molecule has 0 aliphatic rings. The Balaban J connectivity index is 2.51. The van der Waals surface area contributed by atoms with Crippen LogP contribution in [0.3, 0.4) is 0 Å². The first-order valence-corrected chi connectivity index (χ1v) is 4.19. The second-order valence-electron chi connectivity index (χ2n) is 1.89. The van der Waals surface area contributed by atoms with Crippen molar-refractivity contribution < 1.29 is 4.84 Å². The lowest BCUT2D eigenvalue weighted by Gasteiger charge is -1.86. The molecule has 64 valence electrons. The highest BCUT2D eigenvalue weighted by Gasteiger charge is 1.96. The van der Waals surface area contributed by atoms with Crippen LogP contribution in [0.1, 0.15) is 10.7 Å². The van der Waals surface area contributed by atoms with Gasteiger partial charge >= 0.3 is 0 Å². The summed E-state index contributed by atoms with van der Waals surface area (Å²) >= 11 is 1.32. The lowest BCUT2D eigenvalue weighted by atomic mass is 10.6. The molecule has 0 saturated carbocycles. The summed E-state index contributed by atoms with van der Waals surface area (Å²) in [4.78, 5) is 8.55. The molecule has 1 aromatic heterocycles. The third kappa shape index (κ3) is 2.94. The van der Waals surface area contributed by atoms with Crippen LogP contribution in [0.2, 0.25) is 0 Å². The molecule has 0 spiro atoms. The minimum absolute atomic E-state index is 0.132. The summed E-state index contributed by atoms with van der Waals surface area (Å²) in [5.41, 5.74) is 0.378. The third-order valence-electron chi connectivity index (χ3n) is 1.02. The molecule has 13 heavy (non-hydrogen) atoms. The van der Waals surface area contributed by atoms with Gasteiger partial charge in [0, 0.05) is 5.38 Å². The molecule has 0 N–H and O–H groups in total. The quantitative estimate of drug-likeness (QED) is 0.310. The predicted octanol–water partition coefficient (Wildman–Crippen LogP) is 0.998. The number of nitrogens with zero attached hydrogens (tertiary/aromatic N) is 3. The maximum Gasteiger partial charge on any atom is 0.177 e. The Bertz CT molecular complexity index is 383. The SMILES string of the molecule is C#CCO/N=C/c1nc(C#N)cs1. The molecule has 1 rings (SSSR count). The summed E-state index contributed by atoms with van der Waals surface area (Å²) in [7, 11) is 0. The molecule has 0 aromatic carbocycles. The van der Waals surface area contributed by atoms with Gasteiger partial charge in [0.2, 0.25) is 0 Å². The molecular weight excluding hydrogens is 186 g/mol. The lowest BCUT2D eigenvalue weighted by molar-refractivity contribution is 0.181. The Labute approximate surface area is 79.5 Å². The van der Waals surface area contributed by atoms with Crippen molar-refractivity contribution in [3.05, 3.63) is 16.1 Å². The molecular formula is C8H5N3OS. The molecule has 0 saturated heterocycles. The van der Waals surface area contributed by atoms with Gasteiger partial charge in [-0.25, -0.2) is 4.98 Å². The summed E-state index contributed by atoms with van der Waals surface area (Å²) in [6, 6.07) is 1.91. The normalized spacial score (nSPS) is 9.38. The fourth-order valence-electron chi connectivity index (χ4n) is 0.555. The Kier molecular flexibility index (Phi) is 3.49. The first-order valence-electron chi connectivity index (χ1n) is 3.31. The van der Waals surface area contributed by atoms with E-state index in [-0.39, 0.29) is 6.61 Å². The first kappa shape index (κ1) is 9.24. The van der Waals surface area contributed by atoms with Gasteiger partial charge in [-0.3, -0.25) is 0 Å². The van der Waals surface area contributed by atoms with Gasteiger partial charge in [-0.2, -0.15) is 5.26 Å². The number of nitriles is 1. The molecule has 1 heterocycles. The van der Waals surface area contributed by atoms with E-state index in [2.05, 4.69) is 20.9 Å². The van der Waals surface area contributed by atoms with Gasteiger partial charge in [0.25, 0.3) is 0 Å². The number of hydrogen-bond donors (Lipinski definition) is 0. The van der Waals surface area contributed by atoms with Crippen molar-refractivity contribution in [1.29, 1.82) is 5.26 Å². The molecule has 1 aromatic rings. The summed E-state index contributed by atoms with van der Waals surface area (Å²) in [5, 5.41) is 14.3. The van der Waals surface area contributed by atoms with Gasteiger partial charge in [0.1, 0.15) is 17.3 Å². The van der Waals surface area contributed by atoms with Crippen molar-refractivity contribution in [3.8, 4) is 18.4 Å². The summed E-state index contributed by atoms with van der Waals surface area (Å²) in [6.45, 7) is 0.132. The third-order valence-corrected chi connectivity index (χ3v) is 1.80. The second kappa shape index (κ2) is 4.91. The Morgan fingerprint density at radius 2 is 2.69 bits per heavy atom. The number of thiazole rings is 1. The minimum Gasteiger partial charge on any atom is -0.383 e. The first-order chi connectivity index (χ1) is 6.36. The number of oxime groups is 1. The smallest absolute Gasteiger partial charge is 0.177 e. The molecule has 0 amide bonds. The number of terminal acetylenes is 1. The van der Waals surface area contributed by atoms with E-state index in [0.29, 0.717) is 10.7 Å².